The van der Waals surface area contributed by atoms with Gasteiger partial charge in [0, 0.05) is 19.0 Å². The molecule has 2 heterocycles. The predicted molar refractivity (Wildman–Crippen MR) is 70.9 cm³/mol. The monoisotopic (exact) mass is 250 g/mol. The minimum absolute atomic E-state index is 0.207. The molecule has 0 aliphatic carbocycles. The van der Waals surface area contributed by atoms with Crippen molar-refractivity contribution in [2.24, 2.45) is 0 Å². The second kappa shape index (κ2) is 4.54. The molecule has 0 saturated heterocycles. The Kier molecular flexibility index (Phi) is 3.10. The summed E-state index contributed by atoms with van der Waals surface area (Å²) in [7, 11) is 3.71. The van der Waals surface area contributed by atoms with E-state index in [0.717, 1.165) is 5.69 Å². The van der Waals surface area contributed by atoms with Crippen LogP contribution in [0.4, 0.5) is 23.5 Å². The number of hydrogen-bond acceptors (Lipinski definition) is 7. The molecular formula is C10H14N6S. The van der Waals surface area contributed by atoms with Gasteiger partial charge in [-0.3, -0.25) is 0 Å². The number of nitrogen functional groups attached to an aromatic ring is 1. The van der Waals surface area contributed by atoms with Crippen molar-refractivity contribution < 1.29 is 0 Å². The Hall–Kier alpha value is -1.89. The van der Waals surface area contributed by atoms with Gasteiger partial charge in [-0.05, 0) is 18.4 Å². The van der Waals surface area contributed by atoms with Crippen LogP contribution < -0.4 is 16.0 Å². The number of nitrogens with zero attached hydrogens (tertiary/aromatic N) is 4. The third kappa shape index (κ3) is 2.62. The average molecular weight is 250 g/mol. The maximum atomic E-state index is 5.64. The summed E-state index contributed by atoms with van der Waals surface area (Å²) < 4.78 is 0. The quantitative estimate of drug-likeness (QED) is 0.862. The van der Waals surface area contributed by atoms with Crippen molar-refractivity contribution in [2.75, 3.05) is 30.0 Å². The van der Waals surface area contributed by atoms with Crippen molar-refractivity contribution in [3.05, 3.63) is 16.3 Å². The van der Waals surface area contributed by atoms with Gasteiger partial charge in [0.05, 0.1) is 5.69 Å². The maximum absolute atomic E-state index is 5.64. The van der Waals surface area contributed by atoms with Crippen molar-refractivity contribution in [2.45, 2.75) is 6.92 Å². The molecule has 17 heavy (non-hydrogen) atoms. The van der Waals surface area contributed by atoms with Crippen molar-refractivity contribution >= 4 is 34.9 Å². The lowest BCUT2D eigenvalue weighted by molar-refractivity contribution is 0.969. The van der Waals surface area contributed by atoms with Crippen molar-refractivity contribution in [1.82, 2.24) is 15.0 Å². The molecule has 0 aliphatic heterocycles. The first-order valence-corrected chi connectivity index (χ1v) is 5.94. The Morgan fingerprint density at radius 2 is 2.06 bits per heavy atom. The van der Waals surface area contributed by atoms with Gasteiger partial charge < -0.3 is 16.0 Å². The summed E-state index contributed by atoms with van der Waals surface area (Å²) in [6.07, 6.45) is 0. The Labute approximate surface area is 104 Å². The van der Waals surface area contributed by atoms with Crippen LogP contribution in [-0.4, -0.2) is 29.0 Å². The zero-order chi connectivity index (χ0) is 12.4. The van der Waals surface area contributed by atoms with Crippen molar-refractivity contribution in [3.8, 4) is 0 Å². The summed E-state index contributed by atoms with van der Waals surface area (Å²) in [4.78, 5) is 15.3. The van der Waals surface area contributed by atoms with E-state index in [4.69, 9.17) is 5.73 Å². The fraction of sp³-hybridized carbons (Fsp3) is 0.300. The van der Waals surface area contributed by atoms with E-state index in [0.29, 0.717) is 11.9 Å². The highest BCUT2D eigenvalue weighted by Gasteiger charge is 2.07. The van der Waals surface area contributed by atoms with Crippen LogP contribution in [0.2, 0.25) is 0 Å². The van der Waals surface area contributed by atoms with E-state index in [2.05, 4.69) is 20.3 Å². The van der Waals surface area contributed by atoms with Gasteiger partial charge in [-0.1, -0.05) is 0 Å². The van der Waals surface area contributed by atoms with Crippen LogP contribution in [0.3, 0.4) is 0 Å². The van der Waals surface area contributed by atoms with E-state index in [9.17, 15) is 0 Å². The highest BCUT2D eigenvalue weighted by Crippen LogP contribution is 2.23. The summed E-state index contributed by atoms with van der Waals surface area (Å²) in [5, 5.41) is 5.14. The molecule has 0 saturated carbocycles. The SMILES string of the molecule is Cc1sccc1Nc1nc(N)nc(N(C)C)n1. The molecule has 90 valence electrons. The first-order chi connectivity index (χ1) is 8.06. The van der Waals surface area contributed by atoms with Crippen LogP contribution >= 0.6 is 11.3 Å². The second-order valence-corrected chi connectivity index (χ2v) is 4.85. The molecule has 2 rings (SSSR count). The van der Waals surface area contributed by atoms with Gasteiger partial charge in [-0.2, -0.15) is 15.0 Å². The number of aryl methyl sites for hydroxylation is 1. The fourth-order valence-electron chi connectivity index (χ4n) is 1.27. The number of nitrogens with two attached hydrogens (primary N) is 1. The lowest BCUT2D eigenvalue weighted by Crippen LogP contribution is -2.15. The zero-order valence-corrected chi connectivity index (χ0v) is 10.7. The zero-order valence-electron chi connectivity index (χ0n) is 9.93. The van der Waals surface area contributed by atoms with Gasteiger partial charge in [0.25, 0.3) is 0 Å². The molecule has 2 aromatic heterocycles. The van der Waals surface area contributed by atoms with E-state index in [1.807, 2.05) is 32.5 Å². The topological polar surface area (TPSA) is 80.0 Å². The summed E-state index contributed by atoms with van der Waals surface area (Å²) in [6.45, 7) is 2.03. The summed E-state index contributed by atoms with van der Waals surface area (Å²) in [5.41, 5.74) is 6.63. The average Bonchev–Trinajstić information content (AvgIpc) is 2.63. The lowest BCUT2D eigenvalue weighted by atomic mass is 10.4. The number of thiophene rings is 1. The first-order valence-electron chi connectivity index (χ1n) is 5.06. The minimum Gasteiger partial charge on any atom is -0.368 e. The smallest absolute Gasteiger partial charge is 0.233 e. The molecule has 0 radical (unpaired) electrons. The van der Waals surface area contributed by atoms with Gasteiger partial charge in [0.1, 0.15) is 0 Å². The van der Waals surface area contributed by atoms with Crippen LogP contribution in [0.1, 0.15) is 4.88 Å². The Bertz CT molecular complexity index is 521. The predicted octanol–water partition coefficient (Wildman–Crippen LogP) is 1.63. The molecule has 0 spiro atoms. The Morgan fingerprint density at radius 3 is 2.65 bits per heavy atom. The van der Waals surface area contributed by atoms with Gasteiger partial charge in [-0.15, -0.1) is 11.3 Å². The molecule has 0 aromatic carbocycles. The number of anilines is 4. The number of nitrogens with one attached hydrogen (secondary N) is 1. The molecule has 0 fully saturated rings. The summed E-state index contributed by atoms with van der Waals surface area (Å²) >= 11 is 1.66. The van der Waals surface area contributed by atoms with E-state index in [1.165, 1.54) is 4.88 Å². The molecule has 3 N–H and O–H groups in total. The highest BCUT2D eigenvalue weighted by molar-refractivity contribution is 7.10. The summed E-state index contributed by atoms with van der Waals surface area (Å²) in [6, 6.07) is 1.98. The third-order valence-electron chi connectivity index (χ3n) is 2.15. The minimum atomic E-state index is 0.207. The van der Waals surface area contributed by atoms with Crippen molar-refractivity contribution in [1.29, 1.82) is 0 Å². The number of aromatic nitrogens is 3. The van der Waals surface area contributed by atoms with E-state index < -0.39 is 0 Å². The standard InChI is InChI=1S/C10H14N6S/c1-6-7(4-5-17-6)12-9-13-8(11)14-10(15-9)16(2)3/h4-5H,1-3H3,(H3,11,12,13,14,15). The normalized spacial score (nSPS) is 10.3. The second-order valence-electron chi connectivity index (χ2n) is 3.73. The largest absolute Gasteiger partial charge is 0.368 e. The molecule has 2 aromatic rings. The summed E-state index contributed by atoms with van der Waals surface area (Å²) in [5.74, 6) is 1.20. The number of hydrogen-bond donors (Lipinski definition) is 2. The van der Waals surface area contributed by atoms with E-state index in [-0.39, 0.29) is 5.95 Å². The molecule has 0 atom stereocenters. The Balaban J connectivity index is 2.30. The van der Waals surface area contributed by atoms with Gasteiger partial charge in [0.2, 0.25) is 17.8 Å². The third-order valence-corrected chi connectivity index (χ3v) is 2.99. The van der Waals surface area contributed by atoms with Crippen LogP contribution in [-0.2, 0) is 0 Å². The molecule has 0 bridgehead atoms. The van der Waals surface area contributed by atoms with E-state index in [1.54, 1.807) is 16.2 Å². The Morgan fingerprint density at radius 1 is 1.29 bits per heavy atom. The van der Waals surface area contributed by atoms with Gasteiger partial charge in [0.15, 0.2) is 0 Å². The highest BCUT2D eigenvalue weighted by atomic mass is 32.1. The fourth-order valence-corrected chi connectivity index (χ4v) is 1.93. The molecule has 0 unspecified atom stereocenters. The molecule has 0 aliphatic rings. The van der Waals surface area contributed by atoms with Gasteiger partial charge in [-0.25, -0.2) is 0 Å². The van der Waals surface area contributed by atoms with Crippen LogP contribution in [0.5, 0.6) is 0 Å². The molecule has 7 heteroatoms. The van der Waals surface area contributed by atoms with Crippen LogP contribution in [0.15, 0.2) is 11.4 Å². The van der Waals surface area contributed by atoms with Gasteiger partial charge >= 0.3 is 0 Å². The van der Waals surface area contributed by atoms with Crippen molar-refractivity contribution in [3.63, 3.8) is 0 Å². The molecule has 0 amide bonds. The molecular weight excluding hydrogens is 236 g/mol. The lowest BCUT2D eigenvalue weighted by Gasteiger charge is -2.11. The maximum Gasteiger partial charge on any atom is 0.233 e. The molecule has 6 nitrogen and oxygen atoms in total. The first kappa shape index (κ1) is 11.6. The van der Waals surface area contributed by atoms with Crippen LogP contribution in [0, 0.1) is 6.92 Å². The van der Waals surface area contributed by atoms with Crippen LogP contribution in [0.25, 0.3) is 0 Å². The number of rotatable bonds is 3. The van der Waals surface area contributed by atoms with E-state index >= 15 is 0 Å².